The summed E-state index contributed by atoms with van der Waals surface area (Å²) >= 11 is 1.35. The predicted octanol–water partition coefficient (Wildman–Crippen LogP) is 3.20. The minimum absolute atomic E-state index is 0.00819. The minimum atomic E-state index is -0.0201. The van der Waals surface area contributed by atoms with Gasteiger partial charge in [0.25, 0.3) is 5.56 Å². The fourth-order valence-corrected chi connectivity index (χ4v) is 3.75. The molecular formula is C19H25N3O2S. The van der Waals surface area contributed by atoms with E-state index in [0.29, 0.717) is 28.5 Å². The van der Waals surface area contributed by atoms with Gasteiger partial charge in [-0.1, -0.05) is 37.2 Å². The molecule has 5 nitrogen and oxygen atoms in total. The maximum atomic E-state index is 12.8. The lowest BCUT2D eigenvalue weighted by atomic mass is 10.2. The zero-order valence-electron chi connectivity index (χ0n) is 14.8. The van der Waals surface area contributed by atoms with Gasteiger partial charge in [0, 0.05) is 12.6 Å². The molecular weight excluding hydrogens is 334 g/mol. The first-order valence-corrected chi connectivity index (χ1v) is 10.0. The Morgan fingerprint density at radius 2 is 2.16 bits per heavy atom. The molecule has 134 valence electrons. The third kappa shape index (κ3) is 4.42. The average molecular weight is 359 g/mol. The van der Waals surface area contributed by atoms with Crippen molar-refractivity contribution in [2.45, 2.75) is 57.3 Å². The Labute approximate surface area is 152 Å². The number of hydrogen-bond donors (Lipinski definition) is 1. The second-order valence-corrected chi connectivity index (χ2v) is 7.65. The molecule has 6 heteroatoms. The number of nitrogens with one attached hydrogen (secondary N) is 1. The summed E-state index contributed by atoms with van der Waals surface area (Å²) in [6, 6.07) is 7.63. The number of thioether (sulfide) groups is 1. The maximum absolute atomic E-state index is 12.8. The molecule has 1 saturated carbocycles. The fourth-order valence-electron chi connectivity index (χ4n) is 2.91. The van der Waals surface area contributed by atoms with Crippen LogP contribution in [0.5, 0.6) is 0 Å². The van der Waals surface area contributed by atoms with Crippen LogP contribution < -0.4 is 10.9 Å². The van der Waals surface area contributed by atoms with E-state index in [2.05, 4.69) is 24.1 Å². The number of para-hydroxylation sites is 1. The van der Waals surface area contributed by atoms with E-state index < -0.39 is 0 Å². The zero-order chi connectivity index (χ0) is 17.8. The lowest BCUT2D eigenvalue weighted by molar-refractivity contribution is -0.119. The first-order valence-electron chi connectivity index (χ1n) is 9.02. The normalized spacial score (nSPS) is 15.3. The number of benzene rings is 1. The molecule has 0 spiro atoms. The zero-order valence-corrected chi connectivity index (χ0v) is 15.6. The van der Waals surface area contributed by atoms with Crippen molar-refractivity contribution in [1.29, 1.82) is 0 Å². The highest BCUT2D eigenvalue weighted by Crippen LogP contribution is 2.32. The lowest BCUT2D eigenvalue weighted by Gasteiger charge is -2.14. The van der Waals surface area contributed by atoms with Crippen LogP contribution >= 0.6 is 11.8 Å². The first-order chi connectivity index (χ1) is 12.1. The molecule has 1 aromatic heterocycles. The third-order valence-corrected chi connectivity index (χ3v) is 5.59. The van der Waals surface area contributed by atoms with Crippen LogP contribution in [0.3, 0.4) is 0 Å². The van der Waals surface area contributed by atoms with Crippen molar-refractivity contribution in [1.82, 2.24) is 14.9 Å². The second-order valence-electron chi connectivity index (χ2n) is 6.70. The third-order valence-electron chi connectivity index (χ3n) is 4.61. The smallest absolute Gasteiger partial charge is 0.262 e. The fraction of sp³-hybridized carbons (Fsp3) is 0.526. The van der Waals surface area contributed by atoms with Gasteiger partial charge in [0.05, 0.1) is 16.7 Å². The van der Waals surface area contributed by atoms with Gasteiger partial charge in [0.2, 0.25) is 5.91 Å². The molecule has 25 heavy (non-hydrogen) atoms. The Balaban J connectivity index is 1.78. The quantitative estimate of drug-likeness (QED) is 0.581. The van der Waals surface area contributed by atoms with E-state index in [1.807, 2.05) is 24.3 Å². The molecule has 0 radical (unpaired) electrons. The number of nitrogens with zero attached hydrogens (tertiary/aromatic N) is 2. The number of amides is 1. The molecule has 1 aromatic carbocycles. The van der Waals surface area contributed by atoms with Crippen molar-refractivity contribution >= 4 is 28.6 Å². The summed E-state index contributed by atoms with van der Waals surface area (Å²) in [4.78, 5) is 29.6. The monoisotopic (exact) mass is 359 g/mol. The molecule has 1 aliphatic rings. The summed E-state index contributed by atoms with van der Waals surface area (Å²) in [5.41, 5.74) is 0.669. The Morgan fingerprint density at radius 1 is 1.40 bits per heavy atom. The average Bonchev–Trinajstić information content (AvgIpc) is 3.44. The van der Waals surface area contributed by atoms with E-state index >= 15 is 0 Å². The molecule has 1 N–H and O–H groups in total. The molecule has 1 fully saturated rings. The van der Waals surface area contributed by atoms with Crippen molar-refractivity contribution in [3.63, 3.8) is 0 Å². The highest BCUT2D eigenvalue weighted by Gasteiger charge is 2.28. The maximum Gasteiger partial charge on any atom is 0.262 e. The van der Waals surface area contributed by atoms with E-state index in [0.717, 1.165) is 12.8 Å². The van der Waals surface area contributed by atoms with Crippen LogP contribution in [0, 0.1) is 5.92 Å². The van der Waals surface area contributed by atoms with E-state index in [4.69, 9.17) is 0 Å². The molecule has 1 atom stereocenters. The summed E-state index contributed by atoms with van der Waals surface area (Å²) in [5, 5.41) is 4.32. The number of rotatable bonds is 8. The number of hydrogen-bond acceptors (Lipinski definition) is 4. The number of carbonyl (C=O) groups is 1. The van der Waals surface area contributed by atoms with Crippen LogP contribution in [0.25, 0.3) is 10.9 Å². The molecule has 0 bridgehead atoms. The Morgan fingerprint density at radius 3 is 2.88 bits per heavy atom. The van der Waals surface area contributed by atoms with Crippen LogP contribution in [0.4, 0.5) is 0 Å². The van der Waals surface area contributed by atoms with Crippen LogP contribution in [0.15, 0.2) is 34.2 Å². The Hall–Kier alpha value is -1.82. The van der Waals surface area contributed by atoms with Gasteiger partial charge >= 0.3 is 0 Å². The van der Waals surface area contributed by atoms with Gasteiger partial charge in [-0.3, -0.25) is 14.2 Å². The lowest BCUT2D eigenvalue weighted by Crippen LogP contribution is -2.35. The molecule has 1 aliphatic carbocycles. The number of carbonyl (C=O) groups excluding carboxylic acids is 1. The standard InChI is InChI=1S/C19H25N3O2S/c1-3-4-11-22-18(24)15-7-5-6-8-16(15)21-19(22)25-12-17(23)20-13(2)14-9-10-14/h5-8,13-14H,3-4,9-12H2,1-2H3,(H,20,23)/t13-/m0/s1. The van der Waals surface area contributed by atoms with Crippen LogP contribution in [0.1, 0.15) is 39.5 Å². The highest BCUT2D eigenvalue weighted by atomic mass is 32.2. The van der Waals surface area contributed by atoms with Gasteiger partial charge in [0.15, 0.2) is 5.16 Å². The molecule has 3 rings (SSSR count). The van der Waals surface area contributed by atoms with Crippen molar-refractivity contribution in [2.75, 3.05) is 5.75 Å². The van der Waals surface area contributed by atoms with E-state index in [9.17, 15) is 9.59 Å². The summed E-state index contributed by atoms with van der Waals surface area (Å²) in [7, 11) is 0. The van der Waals surface area contributed by atoms with Crippen LogP contribution in [-0.2, 0) is 11.3 Å². The van der Waals surface area contributed by atoms with Gasteiger partial charge < -0.3 is 5.32 Å². The van der Waals surface area contributed by atoms with Crippen LogP contribution in [-0.4, -0.2) is 27.3 Å². The summed E-state index contributed by atoms with van der Waals surface area (Å²) in [6.07, 6.45) is 4.33. The molecule has 1 heterocycles. The van der Waals surface area contributed by atoms with Gasteiger partial charge in [-0.2, -0.15) is 0 Å². The SMILES string of the molecule is CCCCn1c(SCC(=O)N[C@@H](C)C2CC2)nc2ccccc2c1=O. The van der Waals surface area contributed by atoms with Gasteiger partial charge in [-0.05, 0) is 44.2 Å². The Bertz CT molecular complexity index is 814. The van der Waals surface area contributed by atoms with Crippen molar-refractivity contribution < 1.29 is 4.79 Å². The van der Waals surface area contributed by atoms with Gasteiger partial charge in [0.1, 0.15) is 0 Å². The Kier molecular flexibility index (Phi) is 5.78. The van der Waals surface area contributed by atoms with Crippen molar-refractivity contribution in [3.8, 4) is 0 Å². The number of aromatic nitrogens is 2. The highest BCUT2D eigenvalue weighted by molar-refractivity contribution is 7.99. The number of fused-ring (bicyclic) bond motifs is 1. The van der Waals surface area contributed by atoms with E-state index in [-0.39, 0.29) is 23.3 Å². The first kappa shape index (κ1) is 18.0. The predicted molar refractivity (Wildman–Crippen MR) is 102 cm³/mol. The van der Waals surface area contributed by atoms with E-state index in [1.165, 1.54) is 24.6 Å². The molecule has 0 saturated heterocycles. The summed E-state index contributed by atoms with van der Waals surface area (Å²) < 4.78 is 1.72. The van der Waals surface area contributed by atoms with Gasteiger partial charge in [-0.25, -0.2) is 4.98 Å². The van der Waals surface area contributed by atoms with Gasteiger partial charge in [-0.15, -0.1) is 0 Å². The minimum Gasteiger partial charge on any atom is -0.353 e. The topological polar surface area (TPSA) is 64.0 Å². The van der Waals surface area contributed by atoms with Crippen molar-refractivity contribution in [2.24, 2.45) is 5.92 Å². The summed E-state index contributed by atoms with van der Waals surface area (Å²) in [6.45, 7) is 4.79. The van der Waals surface area contributed by atoms with Crippen molar-refractivity contribution in [3.05, 3.63) is 34.6 Å². The largest absolute Gasteiger partial charge is 0.353 e. The molecule has 0 unspecified atom stereocenters. The second kappa shape index (κ2) is 8.04. The van der Waals surface area contributed by atoms with Crippen LogP contribution in [0.2, 0.25) is 0 Å². The molecule has 0 aliphatic heterocycles. The van der Waals surface area contributed by atoms with E-state index in [1.54, 1.807) is 4.57 Å². The number of unbranched alkanes of at least 4 members (excludes halogenated alkanes) is 1. The molecule has 1 amide bonds. The summed E-state index contributed by atoms with van der Waals surface area (Å²) in [5.74, 6) is 0.929. The molecule has 2 aromatic rings.